The Morgan fingerprint density at radius 3 is 2.59 bits per heavy atom. The Hall–Kier alpha value is -1.45. The van der Waals surface area contributed by atoms with E-state index in [1.54, 1.807) is 0 Å². The summed E-state index contributed by atoms with van der Waals surface area (Å²) in [6, 6.07) is 9.07. The summed E-state index contributed by atoms with van der Waals surface area (Å²) in [6.07, 6.45) is 0. The summed E-state index contributed by atoms with van der Waals surface area (Å²) >= 11 is 11.8. The van der Waals surface area contributed by atoms with E-state index in [0.717, 1.165) is 5.56 Å². The van der Waals surface area contributed by atoms with Crippen molar-refractivity contribution in [3.63, 3.8) is 0 Å². The van der Waals surface area contributed by atoms with Crippen molar-refractivity contribution in [1.82, 2.24) is 4.98 Å². The fraction of sp³-hybridized carbons (Fsp3) is 0.0833. The van der Waals surface area contributed by atoms with Crippen molar-refractivity contribution in [2.75, 3.05) is 5.73 Å². The van der Waals surface area contributed by atoms with Crippen LogP contribution in [-0.4, -0.2) is 4.98 Å². The van der Waals surface area contributed by atoms with Crippen LogP contribution in [0, 0.1) is 6.92 Å². The molecule has 2 aromatic rings. The molecule has 1 heterocycles. The van der Waals surface area contributed by atoms with Crippen LogP contribution in [0.3, 0.4) is 0 Å². The largest absolute Gasteiger partial charge is 0.437 e. The maximum absolute atomic E-state index is 5.98. The highest BCUT2D eigenvalue weighted by Crippen LogP contribution is 2.33. The maximum atomic E-state index is 5.98. The van der Waals surface area contributed by atoms with Gasteiger partial charge in [-0.25, -0.2) is 0 Å². The van der Waals surface area contributed by atoms with Crippen LogP contribution in [0.4, 0.5) is 5.82 Å². The highest BCUT2D eigenvalue weighted by molar-refractivity contribution is 6.36. The summed E-state index contributed by atoms with van der Waals surface area (Å²) < 4.78 is 5.59. The molecule has 1 aromatic carbocycles. The molecule has 0 unspecified atom stereocenters. The summed E-state index contributed by atoms with van der Waals surface area (Å²) in [5.41, 5.74) is 6.58. The molecule has 0 radical (unpaired) electrons. The van der Waals surface area contributed by atoms with Gasteiger partial charge < -0.3 is 10.5 Å². The topological polar surface area (TPSA) is 48.1 Å². The number of aromatic nitrogens is 1. The molecular formula is C12H10Cl2N2O. The Morgan fingerprint density at radius 2 is 1.88 bits per heavy atom. The van der Waals surface area contributed by atoms with Gasteiger partial charge in [-0.15, -0.1) is 0 Å². The highest BCUT2D eigenvalue weighted by atomic mass is 35.5. The summed E-state index contributed by atoms with van der Waals surface area (Å²) in [4.78, 5) is 4.00. The molecule has 1 aromatic heterocycles. The summed E-state index contributed by atoms with van der Waals surface area (Å²) in [6.45, 7) is 1.93. The SMILES string of the molecule is Cc1ccccc1Oc1nc(N)c(Cl)cc1Cl. The molecule has 0 spiro atoms. The van der Waals surface area contributed by atoms with Gasteiger partial charge in [0.25, 0.3) is 0 Å². The Balaban J connectivity index is 2.37. The number of hydrogen-bond donors (Lipinski definition) is 1. The number of anilines is 1. The second-order valence-corrected chi connectivity index (χ2v) is 4.32. The van der Waals surface area contributed by atoms with E-state index in [2.05, 4.69) is 4.98 Å². The minimum absolute atomic E-state index is 0.194. The van der Waals surface area contributed by atoms with Gasteiger partial charge in [-0.3, -0.25) is 0 Å². The number of benzene rings is 1. The van der Waals surface area contributed by atoms with Crippen LogP contribution in [0.2, 0.25) is 10.0 Å². The van der Waals surface area contributed by atoms with E-state index in [4.69, 9.17) is 33.7 Å². The first-order chi connectivity index (χ1) is 8.08. The van der Waals surface area contributed by atoms with Crippen molar-refractivity contribution >= 4 is 29.0 Å². The van der Waals surface area contributed by atoms with E-state index < -0.39 is 0 Å². The zero-order valence-electron chi connectivity index (χ0n) is 9.08. The van der Waals surface area contributed by atoms with Gasteiger partial charge >= 0.3 is 0 Å². The average molecular weight is 269 g/mol. The van der Waals surface area contributed by atoms with Gasteiger partial charge in [0, 0.05) is 0 Å². The lowest BCUT2D eigenvalue weighted by Crippen LogP contribution is -1.96. The van der Waals surface area contributed by atoms with Crippen molar-refractivity contribution in [1.29, 1.82) is 0 Å². The average Bonchev–Trinajstić information content (AvgIpc) is 2.29. The van der Waals surface area contributed by atoms with Crippen molar-refractivity contribution < 1.29 is 4.74 Å². The lowest BCUT2D eigenvalue weighted by atomic mass is 10.2. The van der Waals surface area contributed by atoms with Crippen LogP contribution in [0.1, 0.15) is 5.56 Å². The van der Waals surface area contributed by atoms with Crippen molar-refractivity contribution in [2.45, 2.75) is 6.92 Å². The number of halogens is 2. The number of pyridine rings is 1. The molecular weight excluding hydrogens is 259 g/mol. The van der Waals surface area contributed by atoms with Gasteiger partial charge in [-0.05, 0) is 24.6 Å². The summed E-state index contributed by atoms with van der Waals surface area (Å²) in [5.74, 6) is 1.13. The second-order valence-electron chi connectivity index (χ2n) is 3.51. The highest BCUT2D eigenvalue weighted by Gasteiger charge is 2.10. The van der Waals surface area contributed by atoms with E-state index >= 15 is 0 Å². The molecule has 0 bridgehead atoms. The zero-order valence-corrected chi connectivity index (χ0v) is 10.6. The third-order valence-corrected chi connectivity index (χ3v) is 2.80. The number of ether oxygens (including phenoxy) is 1. The lowest BCUT2D eigenvalue weighted by molar-refractivity contribution is 0.460. The quantitative estimate of drug-likeness (QED) is 0.893. The number of rotatable bonds is 2. The lowest BCUT2D eigenvalue weighted by Gasteiger charge is -2.09. The fourth-order valence-corrected chi connectivity index (χ4v) is 1.71. The third-order valence-electron chi connectivity index (χ3n) is 2.22. The molecule has 17 heavy (non-hydrogen) atoms. The van der Waals surface area contributed by atoms with E-state index in [0.29, 0.717) is 15.8 Å². The van der Waals surface area contributed by atoms with Gasteiger partial charge in [0.1, 0.15) is 16.6 Å². The Morgan fingerprint density at radius 1 is 1.18 bits per heavy atom. The zero-order chi connectivity index (χ0) is 12.4. The molecule has 0 atom stereocenters. The summed E-state index contributed by atoms with van der Waals surface area (Å²) in [5, 5.41) is 0.639. The van der Waals surface area contributed by atoms with Gasteiger partial charge in [0.05, 0.1) is 5.02 Å². The van der Waals surface area contributed by atoms with Crippen LogP contribution in [0.5, 0.6) is 11.6 Å². The van der Waals surface area contributed by atoms with E-state index in [9.17, 15) is 0 Å². The third kappa shape index (κ3) is 2.62. The number of nitrogens with zero attached hydrogens (tertiary/aromatic N) is 1. The molecule has 3 nitrogen and oxygen atoms in total. The van der Waals surface area contributed by atoms with E-state index in [1.807, 2.05) is 31.2 Å². The molecule has 88 valence electrons. The first-order valence-electron chi connectivity index (χ1n) is 4.93. The van der Waals surface area contributed by atoms with Gasteiger partial charge in [-0.1, -0.05) is 41.4 Å². The van der Waals surface area contributed by atoms with Crippen molar-refractivity contribution in [3.8, 4) is 11.6 Å². The molecule has 0 fully saturated rings. The van der Waals surface area contributed by atoms with Crippen LogP contribution in [0.25, 0.3) is 0 Å². The number of hydrogen-bond acceptors (Lipinski definition) is 3. The minimum atomic E-state index is 0.194. The smallest absolute Gasteiger partial charge is 0.240 e. The van der Waals surface area contributed by atoms with Crippen LogP contribution < -0.4 is 10.5 Å². The molecule has 0 aliphatic heterocycles. The number of para-hydroxylation sites is 1. The monoisotopic (exact) mass is 268 g/mol. The number of nitrogens with two attached hydrogens (primary N) is 1. The molecule has 0 aliphatic carbocycles. The van der Waals surface area contributed by atoms with Gasteiger partial charge in [0.15, 0.2) is 0 Å². The number of nitrogen functional groups attached to an aromatic ring is 1. The number of aryl methyl sites for hydroxylation is 1. The van der Waals surface area contributed by atoms with E-state index in [-0.39, 0.29) is 11.7 Å². The van der Waals surface area contributed by atoms with Crippen molar-refractivity contribution in [3.05, 3.63) is 45.9 Å². The van der Waals surface area contributed by atoms with Crippen LogP contribution >= 0.6 is 23.2 Å². The molecule has 0 saturated carbocycles. The Bertz CT molecular complexity index is 558. The summed E-state index contributed by atoms with van der Waals surface area (Å²) in [7, 11) is 0. The fourth-order valence-electron chi connectivity index (χ4n) is 1.31. The normalized spacial score (nSPS) is 10.3. The first-order valence-corrected chi connectivity index (χ1v) is 5.68. The Labute approximate surface area is 109 Å². The predicted octanol–water partition coefficient (Wildman–Crippen LogP) is 4.07. The van der Waals surface area contributed by atoms with Crippen LogP contribution in [0.15, 0.2) is 30.3 Å². The molecule has 2 rings (SSSR count). The standard InChI is InChI=1S/C12H10Cl2N2O/c1-7-4-2-3-5-10(7)17-12-9(14)6-8(13)11(15)16-12/h2-6H,1H3,(H2,15,16). The first kappa shape index (κ1) is 12.0. The minimum Gasteiger partial charge on any atom is -0.437 e. The molecule has 0 saturated heterocycles. The van der Waals surface area contributed by atoms with Gasteiger partial charge in [-0.2, -0.15) is 4.98 Å². The molecule has 2 N–H and O–H groups in total. The van der Waals surface area contributed by atoms with Crippen LogP contribution in [-0.2, 0) is 0 Å². The predicted molar refractivity (Wildman–Crippen MR) is 69.9 cm³/mol. The van der Waals surface area contributed by atoms with Gasteiger partial charge in [0.2, 0.25) is 5.88 Å². The molecule has 0 amide bonds. The second kappa shape index (κ2) is 4.82. The van der Waals surface area contributed by atoms with E-state index in [1.165, 1.54) is 6.07 Å². The maximum Gasteiger partial charge on any atom is 0.240 e. The van der Waals surface area contributed by atoms with Crippen molar-refractivity contribution in [2.24, 2.45) is 0 Å². The molecule has 0 aliphatic rings. The molecule has 5 heteroatoms. The Kier molecular flexibility index (Phi) is 3.41.